The summed E-state index contributed by atoms with van der Waals surface area (Å²) in [5.41, 5.74) is 4.67. The molecule has 0 bridgehead atoms. The van der Waals surface area contributed by atoms with Crippen LogP contribution >= 0.6 is 11.6 Å². The number of likely N-dealkylation sites (tertiary alicyclic amines) is 2. The zero-order chi connectivity index (χ0) is 30.0. The summed E-state index contributed by atoms with van der Waals surface area (Å²) >= 11 is 6.28. The largest absolute Gasteiger partial charge is 0.493 e. The summed E-state index contributed by atoms with van der Waals surface area (Å²) in [6.45, 7) is 6.36. The smallest absolute Gasteiger partial charge is 0.254 e. The third kappa shape index (κ3) is 6.17. The van der Waals surface area contributed by atoms with E-state index in [4.69, 9.17) is 26.1 Å². The molecule has 1 amide bonds. The monoisotopic (exact) mass is 601 g/mol. The van der Waals surface area contributed by atoms with Crippen LogP contribution in [-0.2, 0) is 5.41 Å². The zero-order valence-corrected chi connectivity index (χ0v) is 25.9. The Labute approximate surface area is 258 Å². The van der Waals surface area contributed by atoms with Gasteiger partial charge in [0.15, 0.2) is 11.5 Å². The highest BCUT2D eigenvalue weighted by Crippen LogP contribution is 2.40. The minimum absolute atomic E-state index is 0.0253. The molecule has 9 heteroatoms. The third-order valence-electron chi connectivity index (χ3n) is 9.23. The van der Waals surface area contributed by atoms with Gasteiger partial charge < -0.3 is 29.6 Å². The molecule has 0 saturated carbocycles. The summed E-state index contributed by atoms with van der Waals surface area (Å²) in [7, 11) is 3.22. The van der Waals surface area contributed by atoms with E-state index in [1.54, 1.807) is 20.3 Å². The molecular weight excluding hydrogens is 562 g/mol. The van der Waals surface area contributed by atoms with Gasteiger partial charge in [0.25, 0.3) is 5.91 Å². The number of anilines is 1. The number of halogens is 1. The van der Waals surface area contributed by atoms with Gasteiger partial charge in [-0.1, -0.05) is 35.9 Å². The molecule has 2 fully saturated rings. The molecule has 3 aromatic carbocycles. The van der Waals surface area contributed by atoms with Gasteiger partial charge in [0.2, 0.25) is 5.95 Å². The first-order valence-corrected chi connectivity index (χ1v) is 15.5. The molecule has 2 aliphatic rings. The molecule has 1 atom stereocenters. The van der Waals surface area contributed by atoms with Crippen molar-refractivity contribution in [2.45, 2.75) is 44.1 Å². The zero-order valence-electron chi connectivity index (χ0n) is 25.2. The van der Waals surface area contributed by atoms with Gasteiger partial charge in [-0.15, -0.1) is 0 Å². The number of fused-ring (bicyclic) bond motifs is 1. The van der Waals surface area contributed by atoms with Crippen molar-refractivity contribution in [2.24, 2.45) is 0 Å². The molecule has 0 spiro atoms. The molecule has 4 aromatic rings. The van der Waals surface area contributed by atoms with Crippen LogP contribution in [0.4, 0.5) is 5.95 Å². The standard InChI is InChI=1S/C34H40ClN5O3/c1-23-20-24(21-30(42-2)31(23)43-3)32(41)40-19-15-34(22-40,25-8-10-26(35)11-9-25)14-18-39-16-12-27(13-17-39)36-33-37-28-6-4-5-7-29(28)38-33/h4-11,20-21,27H,12-19,22H2,1-3H3,(H2,36,37,38). The third-order valence-corrected chi connectivity index (χ3v) is 9.49. The van der Waals surface area contributed by atoms with Crippen LogP contribution in [0.25, 0.3) is 11.0 Å². The minimum atomic E-state index is -0.130. The molecule has 43 heavy (non-hydrogen) atoms. The van der Waals surface area contributed by atoms with Crippen molar-refractivity contribution in [3.8, 4) is 11.5 Å². The second kappa shape index (κ2) is 12.5. The Bertz CT molecular complexity index is 1550. The second-order valence-corrected chi connectivity index (χ2v) is 12.3. The molecule has 2 saturated heterocycles. The maximum Gasteiger partial charge on any atom is 0.254 e. The predicted molar refractivity (Wildman–Crippen MR) is 172 cm³/mol. The maximum atomic E-state index is 13.8. The summed E-state index contributed by atoms with van der Waals surface area (Å²) < 4.78 is 11.0. The molecule has 1 unspecified atom stereocenters. The van der Waals surface area contributed by atoms with Crippen molar-refractivity contribution in [2.75, 3.05) is 52.3 Å². The Hall–Kier alpha value is -3.75. The fourth-order valence-corrected chi connectivity index (χ4v) is 6.91. The van der Waals surface area contributed by atoms with E-state index in [2.05, 4.69) is 33.4 Å². The molecule has 2 aliphatic heterocycles. The number of amides is 1. The van der Waals surface area contributed by atoms with Crippen LogP contribution in [-0.4, -0.2) is 78.7 Å². The molecule has 1 aromatic heterocycles. The summed E-state index contributed by atoms with van der Waals surface area (Å²) in [6.07, 6.45) is 4.02. The number of carbonyl (C=O) groups is 1. The highest BCUT2D eigenvalue weighted by molar-refractivity contribution is 6.30. The van der Waals surface area contributed by atoms with Crippen LogP contribution in [0.1, 0.15) is 47.2 Å². The SMILES string of the molecule is COc1cc(C(=O)N2CCC(CCN3CCC(Nc4nc5ccccc5[nH]4)CC3)(c3ccc(Cl)cc3)C2)cc(C)c1OC. The number of benzene rings is 3. The van der Waals surface area contributed by atoms with Crippen molar-refractivity contribution in [3.63, 3.8) is 0 Å². The number of nitrogens with one attached hydrogen (secondary N) is 2. The van der Waals surface area contributed by atoms with Gasteiger partial charge in [-0.2, -0.15) is 0 Å². The number of aryl methyl sites for hydroxylation is 1. The van der Waals surface area contributed by atoms with Crippen molar-refractivity contribution in [1.82, 2.24) is 19.8 Å². The number of hydrogen-bond donors (Lipinski definition) is 2. The van der Waals surface area contributed by atoms with E-state index >= 15 is 0 Å². The Kier molecular flexibility index (Phi) is 8.50. The molecule has 2 N–H and O–H groups in total. The number of ether oxygens (including phenoxy) is 2. The summed E-state index contributed by atoms with van der Waals surface area (Å²) in [4.78, 5) is 26.4. The van der Waals surface area contributed by atoms with E-state index < -0.39 is 0 Å². The summed E-state index contributed by atoms with van der Waals surface area (Å²) in [5.74, 6) is 2.11. The lowest BCUT2D eigenvalue weighted by molar-refractivity contribution is 0.0779. The number of aromatic amines is 1. The van der Waals surface area contributed by atoms with Crippen molar-refractivity contribution in [1.29, 1.82) is 0 Å². The van der Waals surface area contributed by atoms with Crippen LogP contribution in [0.5, 0.6) is 11.5 Å². The van der Waals surface area contributed by atoms with Crippen molar-refractivity contribution in [3.05, 3.63) is 82.4 Å². The van der Waals surface area contributed by atoms with Gasteiger partial charge in [0.1, 0.15) is 0 Å². The van der Waals surface area contributed by atoms with E-state index in [1.165, 1.54) is 5.56 Å². The van der Waals surface area contributed by atoms with Gasteiger partial charge >= 0.3 is 0 Å². The number of carbonyl (C=O) groups excluding carboxylic acids is 1. The molecule has 226 valence electrons. The van der Waals surface area contributed by atoms with E-state index in [0.29, 0.717) is 36.2 Å². The number of piperidine rings is 1. The highest BCUT2D eigenvalue weighted by Gasteiger charge is 2.42. The fraction of sp³-hybridized carbons (Fsp3) is 0.412. The maximum absolute atomic E-state index is 13.8. The van der Waals surface area contributed by atoms with Crippen LogP contribution in [0.15, 0.2) is 60.7 Å². The Morgan fingerprint density at radius 1 is 1.07 bits per heavy atom. The second-order valence-electron chi connectivity index (χ2n) is 11.9. The predicted octanol–water partition coefficient (Wildman–Crippen LogP) is 6.29. The quantitative estimate of drug-likeness (QED) is 0.235. The van der Waals surface area contributed by atoms with Gasteiger partial charge in [-0.3, -0.25) is 4.79 Å². The number of rotatable bonds is 9. The molecule has 3 heterocycles. The van der Waals surface area contributed by atoms with E-state index in [1.807, 2.05) is 48.2 Å². The van der Waals surface area contributed by atoms with Crippen LogP contribution in [0, 0.1) is 6.92 Å². The van der Waals surface area contributed by atoms with E-state index in [9.17, 15) is 4.79 Å². The average molecular weight is 602 g/mol. The van der Waals surface area contributed by atoms with Crippen LogP contribution < -0.4 is 14.8 Å². The number of imidazole rings is 1. The molecular formula is C34H40ClN5O3. The number of H-pyrrole nitrogens is 1. The lowest BCUT2D eigenvalue weighted by Crippen LogP contribution is -2.42. The minimum Gasteiger partial charge on any atom is -0.493 e. The molecule has 0 radical (unpaired) electrons. The number of methoxy groups -OCH3 is 2. The molecule has 8 nitrogen and oxygen atoms in total. The highest BCUT2D eigenvalue weighted by atomic mass is 35.5. The first-order valence-electron chi connectivity index (χ1n) is 15.1. The topological polar surface area (TPSA) is 82.7 Å². The fourth-order valence-electron chi connectivity index (χ4n) is 6.78. The van der Waals surface area contributed by atoms with Gasteiger partial charge in [-0.05, 0) is 86.7 Å². The van der Waals surface area contributed by atoms with Gasteiger partial charge in [0, 0.05) is 48.2 Å². The van der Waals surface area contributed by atoms with E-state index in [-0.39, 0.29) is 11.3 Å². The lowest BCUT2D eigenvalue weighted by Gasteiger charge is -2.36. The number of aromatic nitrogens is 2. The Morgan fingerprint density at radius 3 is 2.56 bits per heavy atom. The first-order chi connectivity index (χ1) is 20.9. The van der Waals surface area contributed by atoms with Crippen LogP contribution in [0.3, 0.4) is 0 Å². The first kappa shape index (κ1) is 29.3. The van der Waals surface area contributed by atoms with Crippen LogP contribution in [0.2, 0.25) is 5.02 Å². The number of nitrogens with zero attached hydrogens (tertiary/aromatic N) is 3. The van der Waals surface area contributed by atoms with Crippen molar-refractivity contribution >= 4 is 34.5 Å². The summed E-state index contributed by atoms with van der Waals surface area (Å²) in [5, 5.41) is 4.34. The number of hydrogen-bond acceptors (Lipinski definition) is 6. The number of para-hydroxylation sites is 2. The average Bonchev–Trinajstić information content (AvgIpc) is 3.65. The molecule has 0 aliphatic carbocycles. The van der Waals surface area contributed by atoms with Gasteiger partial charge in [0.05, 0.1) is 25.3 Å². The van der Waals surface area contributed by atoms with Crippen molar-refractivity contribution < 1.29 is 14.3 Å². The molecule has 6 rings (SSSR count). The lowest BCUT2D eigenvalue weighted by atomic mass is 9.76. The van der Waals surface area contributed by atoms with Gasteiger partial charge in [-0.25, -0.2) is 4.98 Å². The Morgan fingerprint density at radius 2 is 1.84 bits per heavy atom. The van der Waals surface area contributed by atoms with E-state index in [0.717, 1.165) is 72.9 Å². The normalized spacial score (nSPS) is 19.6. The Balaban J connectivity index is 1.12. The summed E-state index contributed by atoms with van der Waals surface area (Å²) in [6, 6.07) is 20.4.